The molecule has 6 heteroatoms. The normalized spacial score (nSPS) is 25.9. The minimum Gasteiger partial charge on any atom is -0.465 e. The Hall–Kier alpha value is -2.08. The molecule has 1 spiro atoms. The number of carbonyl (C=O) groups excluding carboxylic acids is 2. The largest absolute Gasteiger partial charge is 0.465 e. The topological polar surface area (TPSA) is 67.9 Å². The molecule has 4 rings (SSSR count). The first kappa shape index (κ1) is 21.2. The number of ether oxygens (including phenoxy) is 2. The van der Waals surface area contributed by atoms with Crippen LogP contribution in [0.2, 0.25) is 0 Å². The minimum absolute atomic E-state index is 0.191. The number of esters is 1. The Labute approximate surface area is 179 Å². The van der Waals surface area contributed by atoms with Gasteiger partial charge in [-0.1, -0.05) is 6.07 Å². The number of hydrogen-bond acceptors (Lipinski definition) is 5. The smallest absolute Gasteiger partial charge is 0.410 e. The lowest BCUT2D eigenvalue weighted by Crippen LogP contribution is -2.43. The van der Waals surface area contributed by atoms with E-state index in [1.807, 2.05) is 31.7 Å². The first-order chi connectivity index (χ1) is 14.2. The summed E-state index contributed by atoms with van der Waals surface area (Å²) in [5.41, 5.74) is 3.11. The van der Waals surface area contributed by atoms with Crippen molar-refractivity contribution < 1.29 is 19.1 Å². The summed E-state index contributed by atoms with van der Waals surface area (Å²) in [6.07, 6.45) is 5.20. The molecular weight excluding hydrogens is 380 g/mol. The average molecular weight is 415 g/mol. The molecule has 1 N–H and O–H groups in total. The van der Waals surface area contributed by atoms with Gasteiger partial charge in [0.05, 0.1) is 12.7 Å². The fourth-order valence-corrected chi connectivity index (χ4v) is 5.10. The van der Waals surface area contributed by atoms with Gasteiger partial charge in [-0.3, -0.25) is 0 Å². The van der Waals surface area contributed by atoms with E-state index in [-0.39, 0.29) is 17.5 Å². The van der Waals surface area contributed by atoms with Gasteiger partial charge in [0.1, 0.15) is 5.60 Å². The van der Waals surface area contributed by atoms with Gasteiger partial charge in [-0.05, 0) is 88.6 Å². The molecule has 0 aromatic heterocycles. The third-order valence-corrected chi connectivity index (χ3v) is 6.90. The number of nitrogens with one attached hydrogen (secondary N) is 1. The molecule has 3 aliphatic rings. The van der Waals surface area contributed by atoms with E-state index in [1.54, 1.807) is 0 Å². The van der Waals surface area contributed by atoms with E-state index < -0.39 is 5.60 Å². The van der Waals surface area contributed by atoms with Gasteiger partial charge in [-0.15, -0.1) is 0 Å². The maximum atomic E-state index is 12.2. The van der Waals surface area contributed by atoms with Gasteiger partial charge in [-0.25, -0.2) is 9.59 Å². The molecule has 1 aromatic rings. The quantitative estimate of drug-likeness (QED) is 0.762. The van der Waals surface area contributed by atoms with Crippen molar-refractivity contribution in [2.75, 3.05) is 26.7 Å². The fourth-order valence-electron chi connectivity index (χ4n) is 5.10. The summed E-state index contributed by atoms with van der Waals surface area (Å²) in [5, 5.41) is 3.79. The van der Waals surface area contributed by atoms with E-state index in [0.717, 1.165) is 51.7 Å². The van der Waals surface area contributed by atoms with Gasteiger partial charge in [0.15, 0.2) is 0 Å². The van der Waals surface area contributed by atoms with Crippen molar-refractivity contribution in [1.29, 1.82) is 0 Å². The van der Waals surface area contributed by atoms with Crippen molar-refractivity contribution in [2.45, 2.75) is 69.9 Å². The summed E-state index contributed by atoms with van der Waals surface area (Å²) in [5.74, 6) is 0.324. The Morgan fingerprint density at radius 2 is 1.97 bits per heavy atom. The highest BCUT2D eigenvalue weighted by atomic mass is 16.6. The second kappa shape index (κ2) is 7.88. The Morgan fingerprint density at radius 1 is 1.23 bits per heavy atom. The lowest BCUT2D eigenvalue weighted by Gasteiger charge is -2.33. The molecule has 1 aliphatic heterocycles. The van der Waals surface area contributed by atoms with Crippen LogP contribution >= 0.6 is 0 Å². The van der Waals surface area contributed by atoms with Crippen molar-refractivity contribution in [3.63, 3.8) is 0 Å². The lowest BCUT2D eigenvalue weighted by molar-refractivity contribution is 0.0183. The summed E-state index contributed by atoms with van der Waals surface area (Å²) in [6.45, 7) is 8.23. The Bertz CT molecular complexity index is 823. The Balaban J connectivity index is 1.28. The van der Waals surface area contributed by atoms with Crippen LogP contribution in [0.15, 0.2) is 18.2 Å². The summed E-state index contributed by atoms with van der Waals surface area (Å²) in [4.78, 5) is 26.0. The number of methoxy groups -OCH3 is 1. The number of piperidine rings is 1. The van der Waals surface area contributed by atoms with Gasteiger partial charge < -0.3 is 19.7 Å². The molecule has 1 saturated heterocycles. The molecule has 1 aromatic carbocycles. The van der Waals surface area contributed by atoms with Gasteiger partial charge in [0.25, 0.3) is 0 Å². The molecule has 0 radical (unpaired) electrons. The maximum Gasteiger partial charge on any atom is 0.410 e. The number of nitrogens with zero attached hydrogens (tertiary/aromatic N) is 1. The maximum absolute atomic E-state index is 12.2. The molecule has 2 aliphatic carbocycles. The summed E-state index contributed by atoms with van der Waals surface area (Å²) in [6, 6.07) is 6.51. The number of rotatable bonds is 4. The van der Waals surface area contributed by atoms with Crippen LogP contribution in [0.1, 0.15) is 67.9 Å². The molecule has 1 amide bonds. The number of amides is 1. The van der Waals surface area contributed by atoms with E-state index in [0.29, 0.717) is 17.5 Å². The molecule has 2 fully saturated rings. The Morgan fingerprint density at radius 3 is 2.63 bits per heavy atom. The van der Waals surface area contributed by atoms with E-state index in [2.05, 4.69) is 17.4 Å². The summed E-state index contributed by atoms with van der Waals surface area (Å²) in [7, 11) is 1.43. The van der Waals surface area contributed by atoms with Crippen LogP contribution in [0.5, 0.6) is 0 Å². The molecule has 1 saturated carbocycles. The van der Waals surface area contributed by atoms with Crippen LogP contribution in [0.4, 0.5) is 4.79 Å². The van der Waals surface area contributed by atoms with E-state index >= 15 is 0 Å². The van der Waals surface area contributed by atoms with Crippen molar-refractivity contribution in [2.24, 2.45) is 5.92 Å². The number of aryl methyl sites for hydroxylation is 1. The standard InChI is InChI=1S/C24H34N2O4/c1-23(2,3)30-22(28)26-11-8-16(9-12-26)15-25-20-14-24(20)10-7-17-5-6-18(13-19(17)24)21(27)29-4/h5-6,13,16,20,25H,7-12,14-15H2,1-4H3. The van der Waals surface area contributed by atoms with Crippen LogP contribution in [0.25, 0.3) is 0 Å². The first-order valence-corrected chi connectivity index (χ1v) is 11.1. The zero-order valence-corrected chi connectivity index (χ0v) is 18.6. The molecule has 0 bridgehead atoms. The Kier molecular flexibility index (Phi) is 5.56. The van der Waals surface area contributed by atoms with Crippen LogP contribution < -0.4 is 5.32 Å². The highest BCUT2D eigenvalue weighted by molar-refractivity contribution is 5.89. The molecule has 164 valence electrons. The highest BCUT2D eigenvalue weighted by Gasteiger charge is 2.58. The second-order valence-corrected chi connectivity index (χ2v) is 10.1. The molecular formula is C24H34N2O4. The van der Waals surface area contributed by atoms with Crippen LogP contribution in [0.3, 0.4) is 0 Å². The van der Waals surface area contributed by atoms with Gasteiger partial charge in [0, 0.05) is 24.5 Å². The minimum atomic E-state index is -0.443. The summed E-state index contributed by atoms with van der Waals surface area (Å²) < 4.78 is 10.4. The van der Waals surface area contributed by atoms with E-state index in [9.17, 15) is 9.59 Å². The van der Waals surface area contributed by atoms with E-state index in [1.165, 1.54) is 18.2 Å². The molecule has 6 nitrogen and oxygen atoms in total. The zero-order chi connectivity index (χ0) is 21.5. The van der Waals surface area contributed by atoms with Crippen molar-refractivity contribution >= 4 is 12.1 Å². The zero-order valence-electron chi connectivity index (χ0n) is 18.6. The predicted octanol–water partition coefficient (Wildman–Crippen LogP) is 3.67. The lowest BCUT2D eigenvalue weighted by atomic mass is 9.94. The molecule has 2 unspecified atom stereocenters. The number of fused-ring (bicyclic) bond motifs is 2. The highest BCUT2D eigenvalue weighted by Crippen LogP contribution is 2.57. The molecule has 30 heavy (non-hydrogen) atoms. The molecule has 2 atom stereocenters. The third-order valence-electron chi connectivity index (χ3n) is 6.90. The second-order valence-electron chi connectivity index (χ2n) is 10.1. The number of hydrogen-bond donors (Lipinski definition) is 1. The molecule has 1 heterocycles. The average Bonchev–Trinajstić information content (AvgIpc) is 3.31. The van der Waals surface area contributed by atoms with Crippen molar-refractivity contribution in [3.8, 4) is 0 Å². The number of likely N-dealkylation sites (tertiary alicyclic amines) is 1. The third kappa shape index (κ3) is 4.20. The fraction of sp³-hybridized carbons (Fsp3) is 0.667. The van der Waals surface area contributed by atoms with Crippen LogP contribution in [-0.2, 0) is 21.3 Å². The van der Waals surface area contributed by atoms with Gasteiger partial charge >= 0.3 is 12.1 Å². The van der Waals surface area contributed by atoms with Gasteiger partial charge in [-0.2, -0.15) is 0 Å². The number of carbonyl (C=O) groups is 2. The van der Waals surface area contributed by atoms with Crippen molar-refractivity contribution in [3.05, 3.63) is 34.9 Å². The monoisotopic (exact) mass is 414 g/mol. The van der Waals surface area contributed by atoms with Crippen LogP contribution in [-0.4, -0.2) is 55.3 Å². The van der Waals surface area contributed by atoms with Gasteiger partial charge in [0.2, 0.25) is 0 Å². The SMILES string of the molecule is COC(=O)c1ccc2c(c1)C1(CC2)CC1NCC1CCN(C(=O)OC(C)(C)C)CC1. The van der Waals surface area contributed by atoms with Crippen LogP contribution in [0, 0.1) is 5.92 Å². The number of benzene rings is 1. The predicted molar refractivity (Wildman–Crippen MR) is 115 cm³/mol. The summed E-state index contributed by atoms with van der Waals surface area (Å²) >= 11 is 0. The van der Waals surface area contributed by atoms with E-state index in [4.69, 9.17) is 9.47 Å². The van der Waals surface area contributed by atoms with Crippen molar-refractivity contribution in [1.82, 2.24) is 10.2 Å². The first-order valence-electron chi connectivity index (χ1n) is 11.1.